The summed E-state index contributed by atoms with van der Waals surface area (Å²) in [6.07, 6.45) is 6.66. The van der Waals surface area contributed by atoms with Crippen molar-refractivity contribution in [1.29, 1.82) is 0 Å². The van der Waals surface area contributed by atoms with E-state index in [1.54, 1.807) is 0 Å². The quantitative estimate of drug-likeness (QED) is 0.280. The SMILES string of the molecule is CCO[SiH](CCCCCCCOCC1CO1)OCC. The van der Waals surface area contributed by atoms with Gasteiger partial charge in [-0.2, -0.15) is 0 Å². The molecule has 0 bridgehead atoms. The minimum absolute atomic E-state index is 0.402. The van der Waals surface area contributed by atoms with Gasteiger partial charge in [-0.15, -0.1) is 0 Å². The van der Waals surface area contributed by atoms with Crippen molar-refractivity contribution in [1.82, 2.24) is 0 Å². The molecular weight excluding hydrogens is 260 g/mol. The molecule has 0 aromatic carbocycles. The highest BCUT2D eigenvalue weighted by Gasteiger charge is 2.21. The lowest BCUT2D eigenvalue weighted by molar-refractivity contribution is 0.113. The molecule has 1 aliphatic rings. The number of hydrogen-bond donors (Lipinski definition) is 0. The Labute approximate surface area is 119 Å². The van der Waals surface area contributed by atoms with Crippen molar-refractivity contribution in [3.8, 4) is 0 Å². The zero-order valence-electron chi connectivity index (χ0n) is 12.6. The van der Waals surface area contributed by atoms with Crippen LogP contribution in [-0.2, 0) is 18.3 Å². The molecular formula is C14H30O4Si. The standard InChI is InChI=1S/C14H30O4Si/c1-3-17-19(18-4-2)11-9-7-5-6-8-10-15-12-14-13-16-14/h14,19H,3-13H2,1-2H3. The number of rotatable bonds is 14. The van der Waals surface area contributed by atoms with E-state index in [1.165, 1.54) is 32.1 Å². The molecule has 1 heterocycles. The van der Waals surface area contributed by atoms with E-state index in [0.717, 1.165) is 39.1 Å². The fourth-order valence-electron chi connectivity index (χ4n) is 2.01. The first-order valence-corrected chi connectivity index (χ1v) is 9.55. The van der Waals surface area contributed by atoms with Crippen LogP contribution in [0.25, 0.3) is 0 Å². The first-order chi connectivity index (χ1) is 9.36. The summed E-state index contributed by atoms with van der Waals surface area (Å²) in [6.45, 7) is 8.24. The molecule has 0 amide bonds. The van der Waals surface area contributed by atoms with E-state index in [1.807, 2.05) is 13.8 Å². The molecule has 0 radical (unpaired) electrons. The van der Waals surface area contributed by atoms with Crippen molar-refractivity contribution in [2.24, 2.45) is 0 Å². The van der Waals surface area contributed by atoms with Crippen LogP contribution in [0.2, 0.25) is 6.04 Å². The number of ether oxygens (including phenoxy) is 2. The summed E-state index contributed by atoms with van der Waals surface area (Å²) in [4.78, 5) is 0. The fraction of sp³-hybridized carbons (Fsp3) is 1.00. The molecule has 114 valence electrons. The second kappa shape index (κ2) is 11.8. The Kier molecular flexibility index (Phi) is 10.7. The minimum Gasteiger partial charge on any atom is -0.397 e. The molecule has 1 atom stereocenters. The van der Waals surface area contributed by atoms with E-state index < -0.39 is 9.28 Å². The van der Waals surface area contributed by atoms with E-state index in [2.05, 4.69) is 0 Å². The molecule has 0 aromatic heterocycles. The minimum atomic E-state index is -1.35. The second-order valence-corrected chi connectivity index (χ2v) is 7.03. The van der Waals surface area contributed by atoms with E-state index in [9.17, 15) is 0 Å². The lowest BCUT2D eigenvalue weighted by Gasteiger charge is -2.14. The smallest absolute Gasteiger partial charge is 0.321 e. The third kappa shape index (κ3) is 10.5. The summed E-state index contributed by atoms with van der Waals surface area (Å²) in [7, 11) is -1.35. The second-order valence-electron chi connectivity index (χ2n) is 4.93. The summed E-state index contributed by atoms with van der Waals surface area (Å²) in [5, 5.41) is 0. The van der Waals surface area contributed by atoms with Crippen molar-refractivity contribution in [2.75, 3.05) is 33.0 Å². The Morgan fingerprint density at radius 3 is 2.26 bits per heavy atom. The Morgan fingerprint density at radius 1 is 1.00 bits per heavy atom. The zero-order valence-corrected chi connectivity index (χ0v) is 13.7. The van der Waals surface area contributed by atoms with Crippen LogP contribution in [0.5, 0.6) is 0 Å². The highest BCUT2D eigenvalue weighted by Crippen LogP contribution is 2.11. The predicted molar refractivity (Wildman–Crippen MR) is 78.9 cm³/mol. The molecule has 0 spiro atoms. The van der Waals surface area contributed by atoms with Gasteiger partial charge in [-0.05, 0) is 26.3 Å². The Bertz CT molecular complexity index is 194. The van der Waals surface area contributed by atoms with Crippen molar-refractivity contribution < 1.29 is 18.3 Å². The number of hydrogen-bond acceptors (Lipinski definition) is 4. The Hall–Kier alpha value is 0.0569. The highest BCUT2D eigenvalue weighted by atomic mass is 28.3. The summed E-state index contributed by atoms with van der Waals surface area (Å²) in [6, 6.07) is 1.15. The molecule has 0 aromatic rings. The summed E-state index contributed by atoms with van der Waals surface area (Å²) in [5.41, 5.74) is 0. The summed E-state index contributed by atoms with van der Waals surface area (Å²) in [5.74, 6) is 0. The van der Waals surface area contributed by atoms with Gasteiger partial charge in [-0.25, -0.2) is 0 Å². The maximum absolute atomic E-state index is 5.66. The first-order valence-electron chi connectivity index (χ1n) is 7.79. The van der Waals surface area contributed by atoms with Gasteiger partial charge in [0.2, 0.25) is 0 Å². The van der Waals surface area contributed by atoms with Gasteiger partial charge in [0.25, 0.3) is 0 Å². The van der Waals surface area contributed by atoms with Crippen LogP contribution in [0.15, 0.2) is 0 Å². The van der Waals surface area contributed by atoms with Gasteiger partial charge >= 0.3 is 9.28 Å². The fourth-order valence-corrected chi connectivity index (χ4v) is 3.81. The third-order valence-electron chi connectivity index (χ3n) is 3.14. The van der Waals surface area contributed by atoms with Gasteiger partial charge in [0, 0.05) is 19.8 Å². The maximum Gasteiger partial charge on any atom is 0.321 e. The van der Waals surface area contributed by atoms with Gasteiger partial charge in [0.1, 0.15) is 6.10 Å². The van der Waals surface area contributed by atoms with Gasteiger partial charge in [0.05, 0.1) is 13.2 Å². The molecule has 1 aliphatic heterocycles. The van der Waals surface area contributed by atoms with Crippen molar-refractivity contribution in [2.45, 2.75) is 58.1 Å². The van der Waals surface area contributed by atoms with Gasteiger partial charge in [-0.3, -0.25) is 0 Å². The highest BCUT2D eigenvalue weighted by molar-refractivity contribution is 6.44. The lowest BCUT2D eigenvalue weighted by Crippen LogP contribution is -2.22. The molecule has 5 heteroatoms. The molecule has 1 unspecified atom stereocenters. The molecule has 1 saturated heterocycles. The van der Waals surface area contributed by atoms with Crippen LogP contribution in [0, 0.1) is 0 Å². The predicted octanol–water partition coefficient (Wildman–Crippen LogP) is 2.65. The molecule has 0 N–H and O–H groups in total. The third-order valence-corrected chi connectivity index (χ3v) is 5.43. The van der Waals surface area contributed by atoms with E-state index in [0.29, 0.717) is 6.10 Å². The van der Waals surface area contributed by atoms with Crippen LogP contribution in [0.1, 0.15) is 46.0 Å². The average Bonchev–Trinajstić information content (AvgIpc) is 3.21. The van der Waals surface area contributed by atoms with Crippen molar-refractivity contribution in [3.63, 3.8) is 0 Å². The van der Waals surface area contributed by atoms with Crippen LogP contribution in [0.3, 0.4) is 0 Å². The average molecular weight is 290 g/mol. The van der Waals surface area contributed by atoms with E-state index >= 15 is 0 Å². The maximum atomic E-state index is 5.66. The molecule has 19 heavy (non-hydrogen) atoms. The summed E-state index contributed by atoms with van der Waals surface area (Å²) >= 11 is 0. The summed E-state index contributed by atoms with van der Waals surface area (Å²) < 4.78 is 21.9. The van der Waals surface area contributed by atoms with Gasteiger partial charge in [0.15, 0.2) is 0 Å². The molecule has 0 aliphatic carbocycles. The zero-order chi connectivity index (χ0) is 13.8. The molecule has 1 fully saturated rings. The molecule has 4 nitrogen and oxygen atoms in total. The van der Waals surface area contributed by atoms with Crippen molar-refractivity contribution in [3.05, 3.63) is 0 Å². The van der Waals surface area contributed by atoms with Crippen LogP contribution in [0.4, 0.5) is 0 Å². The van der Waals surface area contributed by atoms with Crippen molar-refractivity contribution >= 4 is 9.28 Å². The van der Waals surface area contributed by atoms with Crippen LogP contribution in [-0.4, -0.2) is 48.4 Å². The Morgan fingerprint density at radius 2 is 1.63 bits per heavy atom. The Balaban J connectivity index is 1.78. The van der Waals surface area contributed by atoms with Gasteiger partial charge < -0.3 is 18.3 Å². The van der Waals surface area contributed by atoms with Gasteiger partial charge in [-0.1, -0.05) is 25.7 Å². The monoisotopic (exact) mass is 290 g/mol. The first kappa shape index (κ1) is 17.1. The largest absolute Gasteiger partial charge is 0.397 e. The number of unbranched alkanes of at least 4 members (excludes halogenated alkanes) is 4. The number of epoxide rings is 1. The topological polar surface area (TPSA) is 40.2 Å². The van der Waals surface area contributed by atoms with E-state index in [4.69, 9.17) is 18.3 Å². The van der Waals surface area contributed by atoms with Crippen LogP contribution >= 0.6 is 0 Å². The van der Waals surface area contributed by atoms with E-state index in [-0.39, 0.29) is 0 Å². The molecule has 1 rings (SSSR count). The normalized spacial score (nSPS) is 18.2. The van der Waals surface area contributed by atoms with Crippen LogP contribution < -0.4 is 0 Å². The lowest BCUT2D eigenvalue weighted by atomic mass is 10.2. The molecule has 0 saturated carbocycles.